The summed E-state index contributed by atoms with van der Waals surface area (Å²) in [5.41, 5.74) is 2.31. The Labute approximate surface area is 128 Å². The first kappa shape index (κ1) is 16.8. The number of aliphatic hydroxyl groups is 1. The fraction of sp³-hybridized carbons (Fsp3) is 0.200. The van der Waals surface area contributed by atoms with Gasteiger partial charge in [0.2, 0.25) is 0 Å². The van der Waals surface area contributed by atoms with Crippen molar-refractivity contribution < 1.29 is 23.1 Å². The van der Waals surface area contributed by atoms with E-state index in [2.05, 4.69) is 0 Å². The van der Waals surface area contributed by atoms with Gasteiger partial charge in [-0.2, -0.15) is 13.2 Å². The first-order valence-corrected chi connectivity index (χ1v) is 6.55. The predicted octanol–water partition coefficient (Wildman–Crippen LogP) is 1.70. The lowest BCUT2D eigenvalue weighted by Gasteiger charge is -2.19. The molecule has 1 unspecified atom stereocenters. The Morgan fingerprint density at radius 3 is 2.30 bits per heavy atom. The summed E-state index contributed by atoms with van der Waals surface area (Å²) in [5, 5.41) is 10.1. The van der Waals surface area contributed by atoms with E-state index in [9.17, 15) is 27.9 Å². The Balaban J connectivity index is 2.52. The lowest BCUT2D eigenvalue weighted by Crippen LogP contribution is -2.35. The molecule has 0 aliphatic heterocycles. The third kappa shape index (κ3) is 3.59. The molecule has 0 spiro atoms. The second-order valence-corrected chi connectivity index (χ2v) is 4.84. The maximum Gasteiger partial charge on any atom is 0.431 e. The van der Waals surface area contributed by atoms with Crippen LogP contribution in [0.25, 0.3) is 0 Å². The summed E-state index contributed by atoms with van der Waals surface area (Å²) in [5.74, 6) is -1.13. The van der Waals surface area contributed by atoms with E-state index >= 15 is 0 Å². The molecule has 0 bridgehead atoms. The van der Waals surface area contributed by atoms with Gasteiger partial charge in [0.05, 0.1) is 12.6 Å². The number of nitrogens with two attached hydrogens (primary N) is 1. The lowest BCUT2D eigenvalue weighted by molar-refractivity contribution is -0.144. The van der Waals surface area contributed by atoms with E-state index < -0.39 is 41.5 Å². The van der Waals surface area contributed by atoms with E-state index in [-0.39, 0.29) is 0 Å². The molecule has 3 N–H and O–H groups in total. The van der Waals surface area contributed by atoms with Crippen LogP contribution in [0.2, 0.25) is 0 Å². The van der Waals surface area contributed by atoms with Crippen molar-refractivity contribution in [3.63, 3.8) is 0 Å². The van der Waals surface area contributed by atoms with Crippen LogP contribution in [0.1, 0.15) is 27.7 Å². The molecule has 0 radical (unpaired) electrons. The molecule has 1 amide bonds. The van der Waals surface area contributed by atoms with Crippen LogP contribution >= 0.6 is 0 Å². The van der Waals surface area contributed by atoms with Crippen LogP contribution in [0.4, 0.5) is 13.2 Å². The number of rotatable bonds is 4. The molecule has 0 saturated carbocycles. The number of hydrogen-bond donors (Lipinski definition) is 2. The number of pyridine rings is 1. The number of nitrogens with zero attached hydrogens (tertiary/aromatic N) is 1. The summed E-state index contributed by atoms with van der Waals surface area (Å²) in [4.78, 5) is 23.3. The van der Waals surface area contributed by atoms with Gasteiger partial charge in [0.25, 0.3) is 11.5 Å². The molecular weight excluding hydrogens is 313 g/mol. The molecule has 23 heavy (non-hydrogen) atoms. The molecule has 0 fully saturated rings. The van der Waals surface area contributed by atoms with E-state index in [0.717, 1.165) is 6.07 Å². The zero-order valence-electron chi connectivity index (χ0n) is 11.7. The highest BCUT2D eigenvalue weighted by molar-refractivity contribution is 5.92. The normalized spacial score (nSPS) is 12.9. The number of benzene rings is 1. The van der Waals surface area contributed by atoms with Gasteiger partial charge in [0, 0.05) is 0 Å². The summed E-state index contributed by atoms with van der Waals surface area (Å²) < 4.78 is 39.5. The van der Waals surface area contributed by atoms with Crippen LogP contribution in [0, 0.1) is 0 Å². The maximum absolute atomic E-state index is 13.1. The number of amides is 1. The molecule has 5 nitrogen and oxygen atoms in total. The fourth-order valence-corrected chi connectivity index (χ4v) is 2.15. The van der Waals surface area contributed by atoms with Crippen molar-refractivity contribution in [2.45, 2.75) is 18.8 Å². The number of carbonyl (C=O) groups is 1. The second-order valence-electron chi connectivity index (χ2n) is 4.84. The van der Waals surface area contributed by atoms with Crippen molar-refractivity contribution in [2.24, 2.45) is 5.73 Å². The Morgan fingerprint density at radius 1 is 1.17 bits per heavy atom. The van der Waals surface area contributed by atoms with Crippen molar-refractivity contribution in [3.8, 4) is 0 Å². The molecule has 8 heteroatoms. The molecule has 1 aromatic heterocycles. The van der Waals surface area contributed by atoms with Gasteiger partial charge in [0.1, 0.15) is 11.3 Å². The van der Waals surface area contributed by atoms with Gasteiger partial charge in [-0.3, -0.25) is 9.59 Å². The summed E-state index contributed by atoms with van der Waals surface area (Å²) in [7, 11) is 0. The van der Waals surface area contributed by atoms with Crippen LogP contribution in [0.3, 0.4) is 0 Å². The number of aliphatic hydroxyl groups excluding tert-OH is 1. The third-order valence-electron chi connectivity index (χ3n) is 3.27. The molecule has 0 aliphatic carbocycles. The van der Waals surface area contributed by atoms with Gasteiger partial charge in [0.15, 0.2) is 0 Å². The predicted molar refractivity (Wildman–Crippen MR) is 75.6 cm³/mol. The number of primary amides is 1. The van der Waals surface area contributed by atoms with Crippen molar-refractivity contribution in [2.75, 3.05) is 0 Å². The monoisotopic (exact) mass is 326 g/mol. The summed E-state index contributed by atoms with van der Waals surface area (Å²) >= 11 is 0. The largest absolute Gasteiger partial charge is 0.431 e. The Kier molecular flexibility index (Phi) is 4.55. The minimum atomic E-state index is -4.81. The van der Waals surface area contributed by atoms with Crippen LogP contribution in [-0.2, 0) is 12.7 Å². The minimum Gasteiger partial charge on any atom is -0.387 e. The van der Waals surface area contributed by atoms with Gasteiger partial charge < -0.3 is 15.4 Å². The molecule has 0 aliphatic rings. The molecule has 0 saturated heterocycles. The fourth-order valence-electron chi connectivity index (χ4n) is 2.15. The number of alkyl halides is 3. The smallest absolute Gasteiger partial charge is 0.387 e. The van der Waals surface area contributed by atoms with Gasteiger partial charge in [-0.05, 0) is 17.7 Å². The summed E-state index contributed by atoms with van der Waals surface area (Å²) in [6.45, 7) is -0.654. The first-order valence-electron chi connectivity index (χ1n) is 6.55. The molecule has 2 rings (SSSR count). The molecule has 2 aromatic rings. The van der Waals surface area contributed by atoms with Crippen LogP contribution in [0.5, 0.6) is 0 Å². The van der Waals surface area contributed by atoms with E-state index in [1.165, 1.54) is 12.1 Å². The maximum atomic E-state index is 13.1. The van der Waals surface area contributed by atoms with Crippen LogP contribution in [-0.4, -0.2) is 15.6 Å². The van der Waals surface area contributed by atoms with Gasteiger partial charge in [-0.25, -0.2) is 0 Å². The number of carbonyl (C=O) groups excluding carboxylic acids is 1. The average Bonchev–Trinajstić information content (AvgIpc) is 2.48. The van der Waals surface area contributed by atoms with Crippen molar-refractivity contribution in [1.82, 2.24) is 4.57 Å². The zero-order chi connectivity index (χ0) is 17.2. The standard InChI is InChI=1S/C15H13F3N2O3/c16-15(17,18)12-7-6-10(13(19)22)14(23)20(12)8-11(21)9-4-2-1-3-5-9/h1-7,11,21H,8H2,(H2,19,22). The topological polar surface area (TPSA) is 85.3 Å². The average molecular weight is 326 g/mol. The summed E-state index contributed by atoms with van der Waals surface area (Å²) in [6, 6.07) is 9.24. The van der Waals surface area contributed by atoms with E-state index in [1.807, 2.05) is 0 Å². The molecule has 122 valence electrons. The van der Waals surface area contributed by atoms with Gasteiger partial charge in [-0.1, -0.05) is 30.3 Å². The number of aromatic nitrogens is 1. The highest BCUT2D eigenvalue weighted by atomic mass is 19.4. The number of hydrogen-bond acceptors (Lipinski definition) is 3. The van der Waals surface area contributed by atoms with Crippen molar-refractivity contribution in [1.29, 1.82) is 0 Å². The highest BCUT2D eigenvalue weighted by Gasteiger charge is 2.35. The molecular formula is C15H13F3N2O3. The summed E-state index contributed by atoms with van der Waals surface area (Å²) in [6.07, 6.45) is -6.16. The molecule has 1 aromatic carbocycles. The van der Waals surface area contributed by atoms with Crippen molar-refractivity contribution in [3.05, 3.63) is 69.6 Å². The zero-order valence-corrected chi connectivity index (χ0v) is 11.7. The molecule has 1 atom stereocenters. The lowest BCUT2D eigenvalue weighted by atomic mass is 10.1. The Morgan fingerprint density at radius 2 is 1.78 bits per heavy atom. The first-order chi connectivity index (χ1) is 10.7. The Bertz CT molecular complexity index is 770. The molecule has 1 heterocycles. The van der Waals surface area contributed by atoms with E-state index in [1.54, 1.807) is 18.2 Å². The van der Waals surface area contributed by atoms with Crippen LogP contribution in [0.15, 0.2) is 47.3 Å². The van der Waals surface area contributed by atoms with E-state index in [4.69, 9.17) is 5.73 Å². The quantitative estimate of drug-likeness (QED) is 0.897. The van der Waals surface area contributed by atoms with Crippen LogP contribution < -0.4 is 11.3 Å². The van der Waals surface area contributed by atoms with Gasteiger partial charge in [-0.15, -0.1) is 0 Å². The Hall–Kier alpha value is -2.61. The van der Waals surface area contributed by atoms with Crippen molar-refractivity contribution >= 4 is 5.91 Å². The second kappa shape index (κ2) is 6.25. The highest BCUT2D eigenvalue weighted by Crippen LogP contribution is 2.29. The van der Waals surface area contributed by atoms with E-state index in [0.29, 0.717) is 16.2 Å². The third-order valence-corrected chi connectivity index (χ3v) is 3.27. The van der Waals surface area contributed by atoms with Gasteiger partial charge >= 0.3 is 6.18 Å². The minimum absolute atomic E-state index is 0.317. The number of halogens is 3. The SMILES string of the molecule is NC(=O)c1ccc(C(F)(F)F)n(CC(O)c2ccccc2)c1=O.